The number of carbonyl (C=O) groups excluding carboxylic acids is 1. The van der Waals surface area contributed by atoms with Gasteiger partial charge in [0.15, 0.2) is 0 Å². The van der Waals surface area contributed by atoms with Crippen LogP contribution in [0.1, 0.15) is 12.8 Å². The molecule has 1 aliphatic heterocycles. The van der Waals surface area contributed by atoms with Gasteiger partial charge in [-0.2, -0.15) is 0 Å². The summed E-state index contributed by atoms with van der Waals surface area (Å²) in [5, 5.41) is 0. The number of cyclic esters (lactones) is 1. The summed E-state index contributed by atoms with van der Waals surface area (Å²) < 4.78 is 4.51. The van der Waals surface area contributed by atoms with E-state index in [-0.39, 0.29) is 5.97 Å². The average molecular weight is 154 g/mol. The number of nitrogens with one attached hydrogen (secondary N) is 1. The smallest absolute Gasteiger partial charge is 0.305 e. The van der Waals surface area contributed by atoms with E-state index < -0.39 is 0 Å². The molecule has 60 valence electrons. The van der Waals surface area contributed by atoms with Crippen molar-refractivity contribution in [1.29, 1.82) is 0 Å². The summed E-state index contributed by atoms with van der Waals surface area (Å²) in [5.41, 5.74) is 0. The summed E-state index contributed by atoms with van der Waals surface area (Å²) in [6.45, 7) is 0.638. The lowest BCUT2D eigenvalue weighted by Gasteiger charge is -1.81. The molecular weight excluding hydrogens is 144 g/mol. The standard InChI is InChI=1S/C4H6O2.C3H4N2/c5-4-2-1-3-6-4;1-2-5-3-4-1/h1-3H2;1-3H,(H,4,5). The minimum Gasteiger partial charge on any atom is -0.466 e. The quantitative estimate of drug-likeness (QED) is 0.560. The van der Waals surface area contributed by atoms with Gasteiger partial charge in [-0.05, 0) is 6.42 Å². The Morgan fingerprint density at radius 2 is 2.55 bits per heavy atom. The predicted molar refractivity (Wildman–Crippen MR) is 38.8 cm³/mol. The highest BCUT2D eigenvalue weighted by molar-refractivity contribution is 5.70. The van der Waals surface area contributed by atoms with Crippen molar-refractivity contribution < 1.29 is 9.53 Å². The fourth-order valence-electron chi connectivity index (χ4n) is 0.690. The average Bonchev–Trinajstić information content (AvgIpc) is 2.57. The zero-order valence-corrected chi connectivity index (χ0v) is 6.12. The van der Waals surface area contributed by atoms with Crippen LogP contribution in [0, 0.1) is 0 Å². The van der Waals surface area contributed by atoms with Crippen molar-refractivity contribution in [1.82, 2.24) is 9.97 Å². The summed E-state index contributed by atoms with van der Waals surface area (Å²) in [5.74, 6) is -0.0463. The van der Waals surface area contributed by atoms with Gasteiger partial charge < -0.3 is 9.72 Å². The van der Waals surface area contributed by atoms with Crippen LogP contribution < -0.4 is 0 Å². The molecule has 2 heterocycles. The van der Waals surface area contributed by atoms with Gasteiger partial charge in [0.1, 0.15) is 0 Å². The molecule has 1 aromatic rings. The van der Waals surface area contributed by atoms with Gasteiger partial charge in [-0.25, -0.2) is 4.98 Å². The number of aromatic nitrogens is 2. The van der Waals surface area contributed by atoms with E-state index in [2.05, 4.69) is 14.7 Å². The molecule has 1 N–H and O–H groups in total. The summed E-state index contributed by atoms with van der Waals surface area (Å²) in [4.78, 5) is 16.4. The maximum atomic E-state index is 10.0. The number of aromatic amines is 1. The lowest BCUT2D eigenvalue weighted by atomic mass is 10.4. The molecule has 0 bridgehead atoms. The van der Waals surface area contributed by atoms with Gasteiger partial charge >= 0.3 is 5.97 Å². The number of imidazole rings is 1. The first-order valence-corrected chi connectivity index (χ1v) is 3.48. The van der Waals surface area contributed by atoms with Crippen LogP contribution in [-0.4, -0.2) is 22.5 Å². The van der Waals surface area contributed by atoms with Crippen LogP contribution in [0.25, 0.3) is 0 Å². The maximum absolute atomic E-state index is 10.0. The molecule has 11 heavy (non-hydrogen) atoms. The second kappa shape index (κ2) is 4.49. The molecule has 0 aromatic carbocycles. The SMILES string of the molecule is O=C1CCCO1.c1c[nH]cn1. The first-order valence-electron chi connectivity index (χ1n) is 3.48. The van der Waals surface area contributed by atoms with Gasteiger partial charge in [0.05, 0.1) is 12.9 Å². The Morgan fingerprint density at radius 3 is 2.73 bits per heavy atom. The summed E-state index contributed by atoms with van der Waals surface area (Å²) >= 11 is 0. The number of esters is 1. The van der Waals surface area contributed by atoms with Crippen LogP contribution in [0.3, 0.4) is 0 Å². The van der Waals surface area contributed by atoms with Gasteiger partial charge in [-0.3, -0.25) is 4.79 Å². The fourth-order valence-corrected chi connectivity index (χ4v) is 0.690. The van der Waals surface area contributed by atoms with Crippen LogP contribution in [-0.2, 0) is 9.53 Å². The molecule has 4 nitrogen and oxygen atoms in total. The summed E-state index contributed by atoms with van der Waals surface area (Å²) in [6.07, 6.45) is 6.62. The molecule has 0 aliphatic carbocycles. The molecule has 0 unspecified atom stereocenters. The second-order valence-corrected chi connectivity index (χ2v) is 2.08. The molecule has 1 aliphatic rings. The minimum absolute atomic E-state index is 0.0463. The van der Waals surface area contributed by atoms with E-state index in [1.54, 1.807) is 18.7 Å². The van der Waals surface area contributed by atoms with E-state index in [1.807, 2.05) is 0 Å². The van der Waals surface area contributed by atoms with Crippen LogP contribution in [0.2, 0.25) is 0 Å². The number of carbonyl (C=O) groups is 1. The highest BCUT2D eigenvalue weighted by atomic mass is 16.5. The van der Waals surface area contributed by atoms with Gasteiger partial charge in [0.25, 0.3) is 0 Å². The van der Waals surface area contributed by atoms with Gasteiger partial charge in [-0.15, -0.1) is 0 Å². The third kappa shape index (κ3) is 3.40. The van der Waals surface area contributed by atoms with Crippen LogP contribution in [0.15, 0.2) is 18.7 Å². The number of H-pyrrole nitrogens is 1. The highest BCUT2D eigenvalue weighted by Crippen LogP contribution is 2.01. The van der Waals surface area contributed by atoms with Crippen molar-refractivity contribution in [3.8, 4) is 0 Å². The molecule has 4 heteroatoms. The Kier molecular flexibility index (Phi) is 3.18. The van der Waals surface area contributed by atoms with Crippen molar-refractivity contribution in [3.05, 3.63) is 18.7 Å². The zero-order valence-electron chi connectivity index (χ0n) is 6.12. The molecule has 0 radical (unpaired) electrons. The van der Waals surface area contributed by atoms with Crippen molar-refractivity contribution >= 4 is 5.97 Å². The summed E-state index contributed by atoms with van der Waals surface area (Å²) in [6, 6.07) is 0. The topological polar surface area (TPSA) is 55.0 Å². The highest BCUT2D eigenvalue weighted by Gasteiger charge is 2.08. The van der Waals surface area contributed by atoms with E-state index >= 15 is 0 Å². The Morgan fingerprint density at radius 1 is 1.64 bits per heavy atom. The van der Waals surface area contributed by atoms with E-state index in [0.717, 1.165) is 6.42 Å². The van der Waals surface area contributed by atoms with E-state index in [1.165, 1.54) is 0 Å². The predicted octanol–water partition coefficient (Wildman–Crippen LogP) is 0.733. The van der Waals surface area contributed by atoms with E-state index in [9.17, 15) is 4.79 Å². The number of rotatable bonds is 0. The molecule has 1 saturated heterocycles. The first-order chi connectivity index (χ1) is 5.39. The largest absolute Gasteiger partial charge is 0.466 e. The van der Waals surface area contributed by atoms with E-state index in [0.29, 0.717) is 13.0 Å². The van der Waals surface area contributed by atoms with Gasteiger partial charge in [0.2, 0.25) is 0 Å². The number of hydrogen-bond donors (Lipinski definition) is 1. The Balaban J connectivity index is 0.000000112. The summed E-state index contributed by atoms with van der Waals surface area (Å²) in [7, 11) is 0. The normalized spacial score (nSPS) is 15.1. The lowest BCUT2D eigenvalue weighted by Crippen LogP contribution is -1.88. The van der Waals surface area contributed by atoms with Crippen molar-refractivity contribution in [2.75, 3.05) is 6.61 Å². The zero-order chi connectivity index (χ0) is 7.94. The monoisotopic (exact) mass is 154 g/mol. The fraction of sp³-hybridized carbons (Fsp3) is 0.429. The minimum atomic E-state index is -0.0463. The van der Waals surface area contributed by atoms with E-state index in [4.69, 9.17) is 0 Å². The molecule has 2 rings (SSSR count). The van der Waals surface area contributed by atoms with Gasteiger partial charge in [0, 0.05) is 18.8 Å². The molecule has 0 saturated carbocycles. The Labute approximate surface area is 64.6 Å². The number of hydrogen-bond acceptors (Lipinski definition) is 3. The Hall–Kier alpha value is -1.32. The molecule has 0 atom stereocenters. The second-order valence-electron chi connectivity index (χ2n) is 2.08. The molecule has 1 aromatic heterocycles. The lowest BCUT2D eigenvalue weighted by molar-refractivity contribution is -0.137. The van der Waals surface area contributed by atoms with Crippen LogP contribution in [0.4, 0.5) is 0 Å². The van der Waals surface area contributed by atoms with Crippen LogP contribution in [0.5, 0.6) is 0 Å². The Bertz CT molecular complexity index is 171. The third-order valence-electron chi connectivity index (χ3n) is 1.19. The van der Waals surface area contributed by atoms with Gasteiger partial charge in [-0.1, -0.05) is 0 Å². The molecule has 0 amide bonds. The molecular formula is C7H10N2O2. The molecule has 0 spiro atoms. The molecule has 1 fully saturated rings. The van der Waals surface area contributed by atoms with Crippen molar-refractivity contribution in [3.63, 3.8) is 0 Å². The van der Waals surface area contributed by atoms with Crippen molar-refractivity contribution in [2.24, 2.45) is 0 Å². The van der Waals surface area contributed by atoms with Crippen LogP contribution >= 0.6 is 0 Å². The number of nitrogens with zero attached hydrogens (tertiary/aromatic N) is 1. The van der Waals surface area contributed by atoms with Crippen molar-refractivity contribution in [2.45, 2.75) is 12.8 Å². The third-order valence-corrected chi connectivity index (χ3v) is 1.19. The number of ether oxygens (including phenoxy) is 1. The maximum Gasteiger partial charge on any atom is 0.305 e. The first kappa shape index (κ1) is 7.78.